The van der Waals surface area contributed by atoms with Gasteiger partial charge in [0.05, 0.1) is 33.2 Å². The van der Waals surface area contributed by atoms with Gasteiger partial charge in [-0.05, 0) is 105 Å². The van der Waals surface area contributed by atoms with Gasteiger partial charge in [0, 0.05) is 16.5 Å². The van der Waals surface area contributed by atoms with Gasteiger partial charge in [-0.15, -0.1) is 0 Å². The molecule has 3 aliphatic carbocycles. The molecule has 0 bridgehead atoms. The molecule has 1 saturated carbocycles. The maximum atomic E-state index is 5.29. The maximum Gasteiger partial charge on any atom is 0.141 e. The molecule has 0 amide bonds. The van der Waals surface area contributed by atoms with E-state index in [1.807, 2.05) is 0 Å². The Kier molecular flexibility index (Phi) is 5.47. The van der Waals surface area contributed by atoms with Crippen molar-refractivity contribution in [1.82, 2.24) is 14.1 Å². The highest BCUT2D eigenvalue weighted by molar-refractivity contribution is 6.13. The van der Waals surface area contributed by atoms with Crippen molar-refractivity contribution in [2.45, 2.75) is 11.8 Å². The van der Waals surface area contributed by atoms with E-state index < -0.39 is 5.41 Å². The van der Waals surface area contributed by atoms with E-state index in [1.54, 1.807) is 0 Å². The highest BCUT2D eigenvalue weighted by Gasteiger charge is 2.54. The lowest BCUT2D eigenvalue weighted by molar-refractivity contribution is 0.745. The predicted molar refractivity (Wildman–Crippen MR) is 220 cm³/mol. The van der Waals surface area contributed by atoms with Crippen molar-refractivity contribution < 1.29 is 0 Å². The number of benzene rings is 7. The van der Waals surface area contributed by atoms with Crippen molar-refractivity contribution in [1.29, 1.82) is 0 Å². The molecular weight excluding hydrogens is 655 g/mol. The molecule has 0 radical (unpaired) electrons. The summed E-state index contributed by atoms with van der Waals surface area (Å²) in [6.07, 6.45) is 5.96. The monoisotopic (exact) mass is 687 g/mol. The third-order valence-corrected chi connectivity index (χ3v) is 12.9. The standard InChI is InChI=1S/C51H33N3/c1-2-14-31(15-3-1)53-47-27-11-8-24-44(47)52-50(53)38-29-28-32(39-30-40(38)39)35-18-12-19-36-33-16-4-6-21-41(33)51(48(35)36)42-22-7-10-26-46(42)54-45-25-9-5-17-34(45)37-20-13-23-43(51)49(37)54/h1-29,39-40H,30H2. The lowest BCUT2D eigenvalue weighted by Crippen LogP contribution is -2.34. The first-order chi connectivity index (χ1) is 26.8. The van der Waals surface area contributed by atoms with Crippen LogP contribution in [0.3, 0.4) is 0 Å². The van der Waals surface area contributed by atoms with E-state index in [0.29, 0.717) is 11.8 Å². The molecule has 3 atom stereocenters. The second-order valence-corrected chi connectivity index (χ2v) is 15.4. The van der Waals surface area contributed by atoms with Crippen LogP contribution < -0.4 is 0 Å². The predicted octanol–water partition coefficient (Wildman–Crippen LogP) is 11.9. The van der Waals surface area contributed by atoms with Gasteiger partial charge in [-0.3, -0.25) is 4.57 Å². The molecule has 3 unspecified atom stereocenters. The summed E-state index contributed by atoms with van der Waals surface area (Å²) in [5.74, 6) is 1.92. The molecule has 3 heteroatoms. The second kappa shape index (κ2) is 10.2. The SMILES string of the molecule is C1=C(c2cccc3c2C2(c4ccccc4-3)c3ccccc3-n3c4ccccc4c4cccc2c43)C2CC2C(c2nc3ccccc3n2-c2ccccc2)=C1. The fraction of sp³-hybridized carbons (Fsp3) is 0.0784. The first-order valence-electron chi connectivity index (χ1n) is 19.1. The Morgan fingerprint density at radius 3 is 2.06 bits per heavy atom. The quantitative estimate of drug-likeness (QED) is 0.181. The smallest absolute Gasteiger partial charge is 0.141 e. The molecule has 1 spiro atoms. The summed E-state index contributed by atoms with van der Waals surface area (Å²) in [7, 11) is 0. The van der Waals surface area contributed by atoms with Crippen LogP contribution in [0.25, 0.3) is 66.5 Å². The van der Waals surface area contributed by atoms with E-state index in [1.165, 1.54) is 77.6 Å². The van der Waals surface area contributed by atoms with Crippen molar-refractivity contribution in [3.05, 3.63) is 210 Å². The van der Waals surface area contributed by atoms with Crippen molar-refractivity contribution in [2.75, 3.05) is 0 Å². The Morgan fingerprint density at radius 2 is 1.13 bits per heavy atom. The minimum absolute atomic E-state index is 0.421. The van der Waals surface area contributed by atoms with Crippen LogP contribution in [0.2, 0.25) is 0 Å². The first-order valence-corrected chi connectivity index (χ1v) is 19.1. The number of nitrogens with zero attached hydrogens (tertiary/aromatic N) is 3. The third kappa shape index (κ3) is 3.46. The van der Waals surface area contributed by atoms with Gasteiger partial charge in [-0.25, -0.2) is 4.98 Å². The summed E-state index contributed by atoms with van der Waals surface area (Å²) < 4.78 is 4.90. The van der Waals surface area contributed by atoms with Crippen LogP contribution in [-0.2, 0) is 5.41 Å². The average molecular weight is 688 g/mol. The van der Waals surface area contributed by atoms with E-state index in [0.717, 1.165) is 29.0 Å². The van der Waals surface area contributed by atoms with E-state index in [2.05, 4.69) is 185 Å². The summed E-state index contributed by atoms with van der Waals surface area (Å²) in [5.41, 5.74) is 19.1. The third-order valence-electron chi connectivity index (χ3n) is 12.9. The lowest BCUT2D eigenvalue weighted by Gasteiger charge is -2.40. The summed E-state index contributed by atoms with van der Waals surface area (Å²) in [4.78, 5) is 5.29. The molecule has 3 heterocycles. The Labute approximate surface area is 312 Å². The topological polar surface area (TPSA) is 22.8 Å². The minimum atomic E-state index is -0.473. The summed E-state index contributed by atoms with van der Waals surface area (Å²) in [6, 6.07) is 60.7. The average Bonchev–Trinajstić information content (AvgIpc) is 3.73. The molecule has 0 N–H and O–H groups in total. The molecule has 1 aliphatic heterocycles. The Hall–Kier alpha value is -6.71. The second-order valence-electron chi connectivity index (χ2n) is 15.4. The molecule has 13 rings (SSSR count). The molecule has 1 fully saturated rings. The van der Waals surface area contributed by atoms with E-state index in [4.69, 9.17) is 4.98 Å². The number of hydrogen-bond acceptors (Lipinski definition) is 1. The van der Waals surface area contributed by atoms with Crippen LogP contribution in [0, 0.1) is 11.8 Å². The fourth-order valence-corrected chi connectivity index (χ4v) is 10.8. The van der Waals surface area contributed by atoms with Crippen LogP contribution in [-0.4, -0.2) is 14.1 Å². The molecular formula is C51H33N3. The maximum absolute atomic E-state index is 5.29. The largest absolute Gasteiger partial charge is 0.309 e. The molecule has 0 saturated heterocycles. The van der Waals surface area contributed by atoms with Crippen molar-refractivity contribution in [3.8, 4) is 22.5 Å². The van der Waals surface area contributed by atoms with E-state index in [9.17, 15) is 0 Å². The van der Waals surface area contributed by atoms with Gasteiger partial charge >= 0.3 is 0 Å². The zero-order valence-electron chi connectivity index (χ0n) is 29.4. The highest BCUT2D eigenvalue weighted by Crippen LogP contribution is 2.65. The van der Waals surface area contributed by atoms with Gasteiger partial charge in [0.2, 0.25) is 0 Å². The summed E-state index contributed by atoms with van der Waals surface area (Å²) >= 11 is 0. The Morgan fingerprint density at radius 1 is 0.481 bits per heavy atom. The number of aromatic nitrogens is 3. The number of rotatable bonds is 3. The van der Waals surface area contributed by atoms with Crippen molar-refractivity contribution in [3.63, 3.8) is 0 Å². The summed E-state index contributed by atoms with van der Waals surface area (Å²) in [5, 5.41) is 2.62. The molecule has 54 heavy (non-hydrogen) atoms. The Bertz CT molecular complexity index is 3150. The molecule has 2 aromatic heterocycles. The van der Waals surface area contributed by atoms with Gasteiger partial charge in [-0.1, -0.05) is 140 Å². The van der Waals surface area contributed by atoms with Crippen molar-refractivity contribution >= 4 is 44.0 Å². The number of para-hydroxylation sites is 6. The van der Waals surface area contributed by atoms with Gasteiger partial charge < -0.3 is 4.57 Å². The molecule has 4 aliphatic rings. The number of allylic oxidation sites excluding steroid dienone is 4. The zero-order chi connectivity index (χ0) is 35.1. The van der Waals surface area contributed by atoms with Crippen LogP contribution >= 0.6 is 0 Å². The van der Waals surface area contributed by atoms with Gasteiger partial charge in [0.1, 0.15) is 5.82 Å². The van der Waals surface area contributed by atoms with Crippen LogP contribution in [0.1, 0.15) is 40.1 Å². The van der Waals surface area contributed by atoms with Gasteiger partial charge in [-0.2, -0.15) is 0 Å². The minimum Gasteiger partial charge on any atom is -0.309 e. The number of fused-ring (bicyclic) bond motifs is 14. The van der Waals surface area contributed by atoms with Gasteiger partial charge in [0.15, 0.2) is 0 Å². The highest BCUT2D eigenvalue weighted by atomic mass is 15.1. The summed E-state index contributed by atoms with van der Waals surface area (Å²) in [6.45, 7) is 0. The van der Waals surface area contributed by atoms with Crippen LogP contribution in [0.4, 0.5) is 0 Å². The molecule has 3 nitrogen and oxygen atoms in total. The normalized spacial score (nSPS) is 20.1. The first kappa shape index (κ1) is 28.8. The number of hydrogen-bond donors (Lipinski definition) is 0. The Balaban J connectivity index is 1.09. The molecule has 7 aromatic carbocycles. The van der Waals surface area contributed by atoms with E-state index >= 15 is 0 Å². The van der Waals surface area contributed by atoms with E-state index in [-0.39, 0.29) is 0 Å². The van der Waals surface area contributed by atoms with Crippen molar-refractivity contribution in [2.24, 2.45) is 11.8 Å². The zero-order valence-corrected chi connectivity index (χ0v) is 29.4. The number of imidazole rings is 1. The lowest BCUT2D eigenvalue weighted by atomic mass is 9.63. The van der Waals surface area contributed by atoms with Crippen LogP contribution in [0.15, 0.2) is 176 Å². The molecule has 252 valence electrons. The van der Waals surface area contributed by atoms with Crippen LogP contribution in [0.5, 0.6) is 0 Å². The fourth-order valence-electron chi connectivity index (χ4n) is 10.8. The van der Waals surface area contributed by atoms with Gasteiger partial charge in [0.25, 0.3) is 0 Å². The molecule has 9 aromatic rings.